The van der Waals surface area contributed by atoms with Gasteiger partial charge in [0, 0.05) is 19.4 Å². The minimum Gasteiger partial charge on any atom is -0.480 e. The molecule has 128 valence electrons. The van der Waals surface area contributed by atoms with Crippen molar-refractivity contribution in [3.8, 4) is 0 Å². The van der Waals surface area contributed by atoms with Crippen LogP contribution in [0, 0.1) is 5.92 Å². The number of rotatable bonds is 5. The second-order valence-corrected chi connectivity index (χ2v) is 6.18. The summed E-state index contributed by atoms with van der Waals surface area (Å²) in [4.78, 5) is 48.9. The molecule has 0 spiro atoms. The molecule has 0 radical (unpaired) electrons. The highest BCUT2D eigenvalue weighted by atomic mass is 16.4. The largest absolute Gasteiger partial charge is 0.480 e. The van der Waals surface area contributed by atoms with Crippen molar-refractivity contribution in [3.63, 3.8) is 0 Å². The number of carboxylic acid groups (broad SMARTS) is 1. The van der Waals surface area contributed by atoms with E-state index in [0.717, 1.165) is 0 Å². The van der Waals surface area contributed by atoms with Gasteiger partial charge in [-0.15, -0.1) is 0 Å². The lowest BCUT2D eigenvalue weighted by Gasteiger charge is -2.28. The smallest absolute Gasteiger partial charge is 0.326 e. The topological polar surface area (TPSA) is 116 Å². The number of carboxylic acids is 1. The lowest BCUT2D eigenvalue weighted by molar-refractivity contribution is -0.149. The summed E-state index contributed by atoms with van der Waals surface area (Å²) in [7, 11) is 0. The molecule has 1 unspecified atom stereocenters. The average molecular weight is 325 g/mol. The zero-order valence-electron chi connectivity index (χ0n) is 13.4. The minimum atomic E-state index is -1.01. The molecule has 23 heavy (non-hydrogen) atoms. The Bertz CT molecular complexity index is 521. The number of carbonyl (C=O) groups is 4. The van der Waals surface area contributed by atoms with Gasteiger partial charge in [-0.25, -0.2) is 4.79 Å². The van der Waals surface area contributed by atoms with E-state index in [1.807, 2.05) is 0 Å². The van der Waals surface area contributed by atoms with Gasteiger partial charge in [-0.3, -0.25) is 14.4 Å². The predicted octanol–water partition coefficient (Wildman–Crippen LogP) is -0.866. The number of carbonyl (C=O) groups excluding carboxylic acids is 3. The first-order chi connectivity index (χ1) is 10.8. The number of nitrogens with one attached hydrogen (secondary N) is 2. The molecule has 2 fully saturated rings. The van der Waals surface area contributed by atoms with Crippen molar-refractivity contribution in [1.29, 1.82) is 0 Å². The van der Waals surface area contributed by atoms with Crippen LogP contribution in [0.5, 0.6) is 0 Å². The van der Waals surface area contributed by atoms with Crippen LogP contribution in [0.4, 0.5) is 0 Å². The summed E-state index contributed by atoms with van der Waals surface area (Å²) in [6.45, 7) is 3.85. The molecule has 2 saturated heterocycles. The summed E-state index contributed by atoms with van der Waals surface area (Å²) in [6.07, 6.45) is 1.59. The molecule has 3 N–H and O–H groups in total. The molecular formula is C15H23N3O5. The first-order valence-corrected chi connectivity index (χ1v) is 7.90. The molecular weight excluding hydrogens is 302 g/mol. The third-order valence-electron chi connectivity index (χ3n) is 4.52. The van der Waals surface area contributed by atoms with E-state index in [9.17, 15) is 24.3 Å². The highest BCUT2D eigenvalue weighted by Crippen LogP contribution is 2.25. The van der Waals surface area contributed by atoms with Gasteiger partial charge in [0.15, 0.2) is 5.78 Å². The Morgan fingerprint density at radius 1 is 1.26 bits per heavy atom. The van der Waals surface area contributed by atoms with Gasteiger partial charge in [0.2, 0.25) is 11.8 Å². The number of ketones is 1. The van der Waals surface area contributed by atoms with Gasteiger partial charge in [-0.2, -0.15) is 0 Å². The second kappa shape index (κ2) is 7.08. The number of aliphatic carboxylic acids is 1. The maximum atomic E-state index is 12.7. The van der Waals surface area contributed by atoms with Gasteiger partial charge in [-0.1, -0.05) is 0 Å². The Hall–Kier alpha value is -1.96. The molecule has 8 heteroatoms. The lowest BCUT2D eigenvalue weighted by atomic mass is 9.90. The van der Waals surface area contributed by atoms with Crippen LogP contribution < -0.4 is 10.6 Å². The van der Waals surface area contributed by atoms with Gasteiger partial charge in [0.25, 0.3) is 0 Å². The predicted molar refractivity (Wildman–Crippen MR) is 80.6 cm³/mol. The highest BCUT2D eigenvalue weighted by Gasteiger charge is 2.44. The number of amides is 2. The van der Waals surface area contributed by atoms with E-state index in [0.29, 0.717) is 32.4 Å². The fourth-order valence-electron chi connectivity index (χ4n) is 3.43. The van der Waals surface area contributed by atoms with Gasteiger partial charge in [-0.05, 0) is 32.7 Å². The molecule has 2 aliphatic rings. The van der Waals surface area contributed by atoms with Crippen molar-refractivity contribution >= 4 is 23.6 Å². The third-order valence-corrected chi connectivity index (χ3v) is 4.52. The molecule has 0 aromatic rings. The van der Waals surface area contributed by atoms with E-state index in [1.54, 1.807) is 6.92 Å². The summed E-state index contributed by atoms with van der Waals surface area (Å²) in [5.74, 6) is -2.39. The quantitative estimate of drug-likeness (QED) is 0.605. The first kappa shape index (κ1) is 17.4. The van der Waals surface area contributed by atoms with E-state index in [1.165, 1.54) is 11.8 Å². The SMILES string of the molecule is CC(=O)N[C@@H](C)C(=O)C1CCN[C@@H]1C(=O)N1CCC[C@H]1C(=O)O. The Morgan fingerprint density at radius 3 is 2.57 bits per heavy atom. The van der Waals surface area contributed by atoms with Gasteiger partial charge >= 0.3 is 5.97 Å². The molecule has 4 atom stereocenters. The van der Waals surface area contributed by atoms with Crippen LogP contribution in [0.25, 0.3) is 0 Å². The van der Waals surface area contributed by atoms with E-state index in [2.05, 4.69) is 10.6 Å². The van der Waals surface area contributed by atoms with Crippen molar-refractivity contribution in [1.82, 2.24) is 15.5 Å². The fraction of sp³-hybridized carbons (Fsp3) is 0.733. The van der Waals surface area contributed by atoms with Gasteiger partial charge in [0.05, 0.1) is 12.1 Å². The van der Waals surface area contributed by atoms with Crippen molar-refractivity contribution in [3.05, 3.63) is 0 Å². The minimum absolute atomic E-state index is 0.199. The number of likely N-dealkylation sites (tertiary alicyclic amines) is 1. The van der Waals surface area contributed by atoms with E-state index in [-0.39, 0.29) is 17.6 Å². The van der Waals surface area contributed by atoms with E-state index in [4.69, 9.17) is 0 Å². The summed E-state index contributed by atoms with van der Waals surface area (Å²) < 4.78 is 0. The normalized spacial score (nSPS) is 28.4. The molecule has 0 saturated carbocycles. The van der Waals surface area contributed by atoms with Gasteiger partial charge < -0.3 is 20.6 Å². The average Bonchev–Trinajstić information content (AvgIpc) is 3.13. The Morgan fingerprint density at radius 2 is 1.96 bits per heavy atom. The van der Waals surface area contributed by atoms with Crippen LogP contribution in [0.3, 0.4) is 0 Å². The lowest BCUT2D eigenvalue weighted by Crippen LogP contribution is -2.53. The Kier molecular flexibility index (Phi) is 5.35. The molecule has 0 aliphatic carbocycles. The van der Waals surface area contributed by atoms with Crippen LogP contribution in [0.2, 0.25) is 0 Å². The van der Waals surface area contributed by atoms with Crippen molar-refractivity contribution in [2.24, 2.45) is 5.92 Å². The van der Waals surface area contributed by atoms with Crippen molar-refractivity contribution in [2.45, 2.75) is 51.2 Å². The highest BCUT2D eigenvalue weighted by molar-refractivity contribution is 5.96. The zero-order valence-corrected chi connectivity index (χ0v) is 13.4. The zero-order chi connectivity index (χ0) is 17.1. The fourth-order valence-corrected chi connectivity index (χ4v) is 3.43. The summed E-state index contributed by atoms with van der Waals surface area (Å²) in [6, 6.07) is -2.19. The summed E-state index contributed by atoms with van der Waals surface area (Å²) >= 11 is 0. The van der Waals surface area contributed by atoms with Crippen LogP contribution in [-0.4, -0.2) is 64.8 Å². The third kappa shape index (κ3) is 3.69. The molecule has 2 rings (SSSR count). The van der Waals surface area contributed by atoms with Crippen molar-refractivity contribution < 1.29 is 24.3 Å². The molecule has 2 heterocycles. The van der Waals surface area contributed by atoms with E-state index >= 15 is 0 Å². The van der Waals surface area contributed by atoms with Crippen LogP contribution >= 0.6 is 0 Å². The number of Topliss-reactive ketones (excluding diaryl/α,β-unsaturated/α-hetero) is 1. The molecule has 8 nitrogen and oxygen atoms in total. The summed E-state index contributed by atoms with van der Waals surface area (Å²) in [5, 5.41) is 14.8. The van der Waals surface area contributed by atoms with Crippen molar-refractivity contribution in [2.75, 3.05) is 13.1 Å². The van der Waals surface area contributed by atoms with Crippen LogP contribution in [0.15, 0.2) is 0 Å². The first-order valence-electron chi connectivity index (χ1n) is 7.90. The maximum absolute atomic E-state index is 12.7. The summed E-state index contributed by atoms with van der Waals surface area (Å²) in [5.41, 5.74) is 0. The Balaban J connectivity index is 2.09. The van der Waals surface area contributed by atoms with E-state index < -0.39 is 30.0 Å². The molecule has 2 amide bonds. The monoisotopic (exact) mass is 325 g/mol. The van der Waals surface area contributed by atoms with Crippen LogP contribution in [-0.2, 0) is 19.2 Å². The second-order valence-electron chi connectivity index (χ2n) is 6.18. The number of nitrogens with zero attached hydrogens (tertiary/aromatic N) is 1. The standard InChI is InChI=1S/C15H23N3O5/c1-8(17-9(2)19)13(20)10-5-6-16-12(10)14(21)18-7-3-4-11(18)15(22)23/h8,10-12,16H,3-7H2,1-2H3,(H,17,19)(H,22,23)/t8-,10?,11-,12-/m0/s1. The molecule has 2 aliphatic heterocycles. The molecule has 0 aromatic heterocycles. The Labute approximate surface area is 134 Å². The number of hydrogen-bond acceptors (Lipinski definition) is 5. The van der Waals surface area contributed by atoms with Crippen LogP contribution in [0.1, 0.15) is 33.1 Å². The molecule has 0 bridgehead atoms. The maximum Gasteiger partial charge on any atom is 0.326 e. The number of hydrogen-bond donors (Lipinski definition) is 3. The molecule has 0 aromatic carbocycles. The van der Waals surface area contributed by atoms with Gasteiger partial charge in [0.1, 0.15) is 6.04 Å².